The topological polar surface area (TPSA) is 29.1 Å². The first-order chi connectivity index (χ1) is 6.15. The highest BCUT2D eigenvalue weighted by molar-refractivity contribution is 7.98. The summed E-state index contributed by atoms with van der Waals surface area (Å²) in [7, 11) is 0. The predicted molar refractivity (Wildman–Crippen MR) is 57.5 cm³/mol. The molecule has 0 aliphatic carbocycles. The molecule has 0 heterocycles. The van der Waals surface area contributed by atoms with Gasteiger partial charge in [0.2, 0.25) is 5.91 Å². The molecule has 13 heavy (non-hydrogen) atoms. The Bertz CT molecular complexity index is 327. The number of amides is 1. The molecule has 0 fully saturated rings. The number of halogens is 1. The third kappa shape index (κ3) is 2.64. The second-order valence-corrected chi connectivity index (χ2v) is 3.73. The number of carbonyl (C=O) groups is 1. The van der Waals surface area contributed by atoms with Crippen LogP contribution < -0.4 is 5.32 Å². The number of rotatable bonds is 2. The Hall–Kier alpha value is -0.670. The summed E-state index contributed by atoms with van der Waals surface area (Å²) in [5.74, 6) is -0.0856. The van der Waals surface area contributed by atoms with Gasteiger partial charge in [0.25, 0.3) is 0 Å². The number of thioether (sulfide) groups is 1. The maximum atomic E-state index is 10.8. The number of carbonyl (C=O) groups excluding carboxylic acids is 1. The van der Waals surface area contributed by atoms with Gasteiger partial charge in [-0.05, 0) is 18.4 Å². The van der Waals surface area contributed by atoms with E-state index in [4.69, 9.17) is 11.6 Å². The zero-order chi connectivity index (χ0) is 9.84. The highest BCUT2D eigenvalue weighted by atomic mass is 35.5. The van der Waals surface area contributed by atoms with Crippen LogP contribution in [0.2, 0.25) is 5.02 Å². The molecule has 0 atom stereocenters. The van der Waals surface area contributed by atoms with Gasteiger partial charge in [-0.1, -0.05) is 17.7 Å². The summed E-state index contributed by atoms with van der Waals surface area (Å²) >= 11 is 7.46. The van der Waals surface area contributed by atoms with Gasteiger partial charge in [0.1, 0.15) is 0 Å². The lowest BCUT2D eigenvalue weighted by atomic mass is 10.3. The molecule has 0 radical (unpaired) electrons. The molecule has 1 rings (SSSR count). The third-order valence-corrected chi connectivity index (χ3v) is 2.76. The molecule has 4 heteroatoms. The fraction of sp³-hybridized carbons (Fsp3) is 0.222. The van der Waals surface area contributed by atoms with Gasteiger partial charge in [-0.25, -0.2) is 0 Å². The van der Waals surface area contributed by atoms with Crippen molar-refractivity contribution in [1.82, 2.24) is 0 Å². The highest BCUT2D eigenvalue weighted by Crippen LogP contribution is 2.32. The first-order valence-electron chi connectivity index (χ1n) is 3.75. The quantitative estimate of drug-likeness (QED) is 0.769. The second-order valence-electron chi connectivity index (χ2n) is 2.50. The van der Waals surface area contributed by atoms with E-state index in [-0.39, 0.29) is 5.91 Å². The fourth-order valence-electron chi connectivity index (χ4n) is 1.00. The second kappa shape index (κ2) is 4.53. The van der Waals surface area contributed by atoms with Gasteiger partial charge in [-0.2, -0.15) is 0 Å². The smallest absolute Gasteiger partial charge is 0.221 e. The minimum atomic E-state index is -0.0856. The van der Waals surface area contributed by atoms with Gasteiger partial charge in [-0.3, -0.25) is 4.79 Å². The molecule has 70 valence electrons. The Morgan fingerprint density at radius 2 is 2.23 bits per heavy atom. The molecule has 1 aromatic rings. The van der Waals surface area contributed by atoms with Crippen molar-refractivity contribution in [1.29, 1.82) is 0 Å². The summed E-state index contributed by atoms with van der Waals surface area (Å²) in [4.78, 5) is 11.7. The van der Waals surface area contributed by atoms with E-state index < -0.39 is 0 Å². The summed E-state index contributed by atoms with van der Waals surface area (Å²) < 4.78 is 0. The molecule has 2 nitrogen and oxygen atoms in total. The minimum Gasteiger partial charge on any atom is -0.325 e. The highest BCUT2D eigenvalue weighted by Gasteiger charge is 2.05. The molecule has 1 aromatic carbocycles. The Labute approximate surface area is 86.7 Å². The Morgan fingerprint density at radius 3 is 2.77 bits per heavy atom. The van der Waals surface area contributed by atoms with Crippen LogP contribution in [0.4, 0.5) is 5.69 Å². The average Bonchev–Trinajstić information content (AvgIpc) is 2.03. The van der Waals surface area contributed by atoms with Crippen molar-refractivity contribution in [3.8, 4) is 0 Å². The maximum Gasteiger partial charge on any atom is 0.221 e. The molecule has 0 aromatic heterocycles. The number of anilines is 1. The standard InChI is InChI=1S/C9H10ClNOS/c1-6(12)11-8-5-3-4-7(10)9(8)13-2/h3-5H,1-2H3,(H,11,12). The SMILES string of the molecule is CSc1c(Cl)cccc1NC(C)=O. The van der Waals surface area contributed by atoms with Crippen molar-refractivity contribution >= 4 is 35.0 Å². The maximum absolute atomic E-state index is 10.8. The van der Waals surface area contributed by atoms with Crippen molar-refractivity contribution < 1.29 is 4.79 Å². The largest absolute Gasteiger partial charge is 0.325 e. The molecular formula is C9H10ClNOS. The van der Waals surface area contributed by atoms with Crippen LogP contribution in [0.1, 0.15) is 6.92 Å². The fourth-order valence-corrected chi connectivity index (χ4v) is 2.01. The van der Waals surface area contributed by atoms with E-state index in [1.807, 2.05) is 18.4 Å². The molecule has 0 bridgehead atoms. The first-order valence-corrected chi connectivity index (χ1v) is 5.35. The molecule has 0 saturated carbocycles. The number of benzene rings is 1. The lowest BCUT2D eigenvalue weighted by molar-refractivity contribution is -0.114. The van der Waals surface area contributed by atoms with Crippen molar-refractivity contribution in [3.05, 3.63) is 23.2 Å². The molecular weight excluding hydrogens is 206 g/mol. The van der Waals surface area contributed by atoms with E-state index in [2.05, 4.69) is 5.32 Å². The minimum absolute atomic E-state index is 0.0856. The molecule has 1 N–H and O–H groups in total. The van der Waals surface area contributed by atoms with Crippen molar-refractivity contribution in [2.24, 2.45) is 0 Å². The number of hydrogen-bond acceptors (Lipinski definition) is 2. The summed E-state index contributed by atoms with van der Waals surface area (Å²) in [6.45, 7) is 1.48. The van der Waals surface area contributed by atoms with E-state index in [1.54, 1.807) is 6.07 Å². The van der Waals surface area contributed by atoms with E-state index in [0.717, 1.165) is 10.6 Å². The molecule has 1 amide bonds. The average molecular weight is 216 g/mol. The van der Waals surface area contributed by atoms with Gasteiger partial charge in [-0.15, -0.1) is 11.8 Å². The van der Waals surface area contributed by atoms with Crippen molar-refractivity contribution in [2.45, 2.75) is 11.8 Å². The van der Waals surface area contributed by atoms with Crippen LogP contribution >= 0.6 is 23.4 Å². The van der Waals surface area contributed by atoms with Crippen LogP contribution in [0.3, 0.4) is 0 Å². The monoisotopic (exact) mass is 215 g/mol. The summed E-state index contributed by atoms with van der Waals surface area (Å²) in [6, 6.07) is 5.45. The van der Waals surface area contributed by atoms with Crippen molar-refractivity contribution in [3.63, 3.8) is 0 Å². The van der Waals surface area contributed by atoms with Gasteiger partial charge < -0.3 is 5.32 Å². The predicted octanol–water partition coefficient (Wildman–Crippen LogP) is 3.02. The normalized spacial score (nSPS) is 9.77. The zero-order valence-corrected chi connectivity index (χ0v) is 9.00. The van der Waals surface area contributed by atoms with E-state index in [0.29, 0.717) is 5.02 Å². The first kappa shape index (κ1) is 10.4. The molecule has 0 aliphatic rings. The lowest BCUT2D eigenvalue weighted by Gasteiger charge is -2.08. The molecule has 0 saturated heterocycles. The van der Waals surface area contributed by atoms with Crippen LogP contribution in [-0.4, -0.2) is 12.2 Å². The van der Waals surface area contributed by atoms with E-state index in [1.165, 1.54) is 18.7 Å². The van der Waals surface area contributed by atoms with Crippen LogP contribution in [0, 0.1) is 0 Å². The summed E-state index contributed by atoms with van der Waals surface area (Å²) in [5, 5.41) is 3.39. The van der Waals surface area contributed by atoms with Crippen LogP contribution in [0.5, 0.6) is 0 Å². The Balaban J connectivity index is 3.05. The summed E-state index contributed by atoms with van der Waals surface area (Å²) in [6.07, 6.45) is 1.92. The number of hydrogen-bond donors (Lipinski definition) is 1. The van der Waals surface area contributed by atoms with Gasteiger partial charge in [0, 0.05) is 11.8 Å². The molecule has 0 spiro atoms. The Kier molecular flexibility index (Phi) is 3.63. The van der Waals surface area contributed by atoms with Crippen LogP contribution in [-0.2, 0) is 4.79 Å². The third-order valence-electron chi connectivity index (χ3n) is 1.48. The van der Waals surface area contributed by atoms with Gasteiger partial charge in [0.05, 0.1) is 10.7 Å². The van der Waals surface area contributed by atoms with E-state index in [9.17, 15) is 4.79 Å². The summed E-state index contributed by atoms with van der Waals surface area (Å²) in [5.41, 5.74) is 0.771. The van der Waals surface area contributed by atoms with E-state index >= 15 is 0 Å². The number of nitrogens with one attached hydrogen (secondary N) is 1. The van der Waals surface area contributed by atoms with Gasteiger partial charge in [0.15, 0.2) is 0 Å². The molecule has 0 unspecified atom stereocenters. The Morgan fingerprint density at radius 1 is 1.54 bits per heavy atom. The zero-order valence-electron chi connectivity index (χ0n) is 7.43. The van der Waals surface area contributed by atoms with Crippen LogP contribution in [0.15, 0.2) is 23.1 Å². The van der Waals surface area contributed by atoms with Crippen LogP contribution in [0.25, 0.3) is 0 Å². The molecule has 0 aliphatic heterocycles. The van der Waals surface area contributed by atoms with Crippen molar-refractivity contribution in [2.75, 3.05) is 11.6 Å². The lowest BCUT2D eigenvalue weighted by Crippen LogP contribution is -2.06. The van der Waals surface area contributed by atoms with Gasteiger partial charge >= 0.3 is 0 Å².